The molecule has 0 aliphatic carbocycles. The number of nitrogens with one attached hydrogen (secondary N) is 1. The predicted molar refractivity (Wildman–Crippen MR) is 90.6 cm³/mol. The summed E-state index contributed by atoms with van der Waals surface area (Å²) in [6.45, 7) is 0.780. The van der Waals surface area contributed by atoms with Crippen molar-refractivity contribution in [2.24, 2.45) is 0 Å². The molecule has 2 aromatic heterocycles. The lowest BCUT2D eigenvalue weighted by molar-refractivity contribution is 0.0730. The number of aromatic amines is 1. The van der Waals surface area contributed by atoms with Gasteiger partial charge in [0.1, 0.15) is 5.69 Å². The zero-order chi connectivity index (χ0) is 15.8. The van der Waals surface area contributed by atoms with Gasteiger partial charge in [0.15, 0.2) is 0 Å². The Hall–Kier alpha value is -2.33. The summed E-state index contributed by atoms with van der Waals surface area (Å²) in [6, 6.07) is 11.6. The molecule has 1 aromatic carbocycles. The molecule has 23 heavy (non-hydrogen) atoms. The maximum Gasteiger partial charge on any atom is 0.270 e. The predicted octanol–water partition coefficient (Wildman–Crippen LogP) is 4.19. The molecule has 0 spiro atoms. The van der Waals surface area contributed by atoms with E-state index in [4.69, 9.17) is 11.6 Å². The number of aromatic nitrogens is 2. The number of likely N-dealkylation sites (tertiary alicyclic amines) is 1. The molecule has 1 aliphatic rings. The zero-order valence-electron chi connectivity index (χ0n) is 12.5. The fourth-order valence-corrected chi connectivity index (χ4v) is 3.48. The summed E-state index contributed by atoms with van der Waals surface area (Å²) in [5, 5.41) is 1.66. The number of nitrogens with zero attached hydrogens (tertiary/aromatic N) is 2. The van der Waals surface area contributed by atoms with E-state index in [-0.39, 0.29) is 11.9 Å². The van der Waals surface area contributed by atoms with E-state index in [9.17, 15) is 4.79 Å². The SMILES string of the molecule is O=C(c1cc2ccc(Cl)cc2[nH]1)N1CCCC1c1ccncc1. The molecule has 0 saturated carbocycles. The quantitative estimate of drug-likeness (QED) is 0.768. The summed E-state index contributed by atoms with van der Waals surface area (Å²) in [4.78, 5) is 22.1. The van der Waals surface area contributed by atoms with Crippen molar-refractivity contribution in [3.8, 4) is 0 Å². The highest BCUT2D eigenvalue weighted by molar-refractivity contribution is 6.31. The fraction of sp³-hybridized carbons (Fsp3) is 0.222. The Morgan fingerprint density at radius 1 is 1.22 bits per heavy atom. The van der Waals surface area contributed by atoms with Crippen molar-refractivity contribution in [1.82, 2.24) is 14.9 Å². The Morgan fingerprint density at radius 3 is 2.87 bits per heavy atom. The normalized spacial score (nSPS) is 17.8. The van der Waals surface area contributed by atoms with E-state index in [0.717, 1.165) is 35.9 Å². The maximum atomic E-state index is 12.9. The highest BCUT2D eigenvalue weighted by Gasteiger charge is 2.31. The van der Waals surface area contributed by atoms with Crippen LogP contribution >= 0.6 is 11.6 Å². The molecular weight excluding hydrogens is 310 g/mol. The lowest BCUT2D eigenvalue weighted by Gasteiger charge is -2.24. The number of carbonyl (C=O) groups is 1. The van der Waals surface area contributed by atoms with Gasteiger partial charge < -0.3 is 9.88 Å². The number of halogens is 1. The molecule has 0 bridgehead atoms. The van der Waals surface area contributed by atoms with E-state index in [1.807, 2.05) is 41.3 Å². The number of amides is 1. The number of carbonyl (C=O) groups excluding carboxylic acids is 1. The summed E-state index contributed by atoms with van der Waals surface area (Å²) in [5.74, 6) is 0.0386. The topological polar surface area (TPSA) is 49.0 Å². The number of pyridine rings is 1. The lowest BCUT2D eigenvalue weighted by Crippen LogP contribution is -2.30. The van der Waals surface area contributed by atoms with Crippen molar-refractivity contribution >= 4 is 28.4 Å². The van der Waals surface area contributed by atoms with Gasteiger partial charge in [-0.05, 0) is 48.7 Å². The standard InChI is InChI=1S/C18H16ClN3O/c19-14-4-3-13-10-16(21-15(13)11-14)18(23)22-9-1-2-17(22)12-5-7-20-8-6-12/h3-8,10-11,17,21H,1-2,9H2. The highest BCUT2D eigenvalue weighted by Crippen LogP contribution is 2.33. The highest BCUT2D eigenvalue weighted by atomic mass is 35.5. The lowest BCUT2D eigenvalue weighted by atomic mass is 10.1. The van der Waals surface area contributed by atoms with Crippen LogP contribution in [0, 0.1) is 0 Å². The molecule has 1 fully saturated rings. The average molecular weight is 326 g/mol. The van der Waals surface area contributed by atoms with Crippen LogP contribution in [0.1, 0.15) is 34.9 Å². The minimum atomic E-state index is 0.0386. The molecular formula is C18H16ClN3O. The van der Waals surface area contributed by atoms with Crippen molar-refractivity contribution in [3.63, 3.8) is 0 Å². The van der Waals surface area contributed by atoms with Crippen LogP contribution in [0.3, 0.4) is 0 Å². The summed E-state index contributed by atoms with van der Waals surface area (Å²) in [6.07, 6.45) is 5.56. The van der Waals surface area contributed by atoms with E-state index in [2.05, 4.69) is 9.97 Å². The largest absolute Gasteiger partial charge is 0.350 e. The van der Waals surface area contributed by atoms with Crippen LogP contribution in [0.2, 0.25) is 5.02 Å². The molecule has 4 nitrogen and oxygen atoms in total. The van der Waals surface area contributed by atoms with Gasteiger partial charge in [-0.3, -0.25) is 9.78 Å². The van der Waals surface area contributed by atoms with E-state index in [1.165, 1.54) is 0 Å². The van der Waals surface area contributed by atoms with E-state index >= 15 is 0 Å². The van der Waals surface area contributed by atoms with Crippen molar-refractivity contribution in [2.45, 2.75) is 18.9 Å². The molecule has 116 valence electrons. The maximum absolute atomic E-state index is 12.9. The third kappa shape index (κ3) is 2.59. The Balaban J connectivity index is 1.66. The monoisotopic (exact) mass is 325 g/mol. The number of rotatable bonds is 2. The summed E-state index contributed by atoms with van der Waals surface area (Å²) in [5.41, 5.74) is 2.65. The Kier molecular flexibility index (Phi) is 3.54. The van der Waals surface area contributed by atoms with Crippen LogP contribution in [-0.2, 0) is 0 Å². The molecule has 5 heteroatoms. The van der Waals surface area contributed by atoms with Crippen LogP contribution < -0.4 is 0 Å². The molecule has 1 amide bonds. The first kappa shape index (κ1) is 14.3. The number of H-pyrrole nitrogens is 1. The van der Waals surface area contributed by atoms with Gasteiger partial charge in [-0.15, -0.1) is 0 Å². The van der Waals surface area contributed by atoms with E-state index in [1.54, 1.807) is 12.4 Å². The number of hydrogen-bond donors (Lipinski definition) is 1. The van der Waals surface area contributed by atoms with Gasteiger partial charge in [0.05, 0.1) is 6.04 Å². The van der Waals surface area contributed by atoms with Crippen LogP contribution in [0.5, 0.6) is 0 Å². The molecule has 1 N–H and O–H groups in total. The molecule has 3 aromatic rings. The van der Waals surface area contributed by atoms with Crippen molar-refractivity contribution in [3.05, 3.63) is 65.1 Å². The molecule has 1 unspecified atom stereocenters. The first-order valence-electron chi connectivity index (χ1n) is 7.71. The summed E-state index contributed by atoms with van der Waals surface area (Å²) in [7, 11) is 0. The second-order valence-electron chi connectivity index (χ2n) is 5.85. The van der Waals surface area contributed by atoms with Gasteiger partial charge in [-0.1, -0.05) is 17.7 Å². The molecule has 4 rings (SSSR count). The van der Waals surface area contributed by atoms with E-state index < -0.39 is 0 Å². The average Bonchev–Trinajstić information content (AvgIpc) is 3.21. The van der Waals surface area contributed by atoms with Crippen LogP contribution in [0.4, 0.5) is 0 Å². The first-order chi connectivity index (χ1) is 11.2. The van der Waals surface area contributed by atoms with Crippen LogP contribution in [-0.4, -0.2) is 27.3 Å². The van der Waals surface area contributed by atoms with Gasteiger partial charge in [0, 0.05) is 34.9 Å². The van der Waals surface area contributed by atoms with Gasteiger partial charge in [-0.2, -0.15) is 0 Å². The van der Waals surface area contributed by atoms with Gasteiger partial charge in [0.25, 0.3) is 5.91 Å². The first-order valence-corrected chi connectivity index (χ1v) is 8.09. The van der Waals surface area contributed by atoms with Crippen molar-refractivity contribution < 1.29 is 4.79 Å². The molecule has 0 radical (unpaired) electrons. The van der Waals surface area contributed by atoms with E-state index in [0.29, 0.717) is 10.7 Å². The zero-order valence-corrected chi connectivity index (χ0v) is 13.3. The minimum Gasteiger partial charge on any atom is -0.350 e. The smallest absolute Gasteiger partial charge is 0.270 e. The molecule has 1 aliphatic heterocycles. The Morgan fingerprint density at radius 2 is 2.04 bits per heavy atom. The second kappa shape index (κ2) is 5.70. The molecule has 3 heterocycles. The number of benzene rings is 1. The van der Waals surface area contributed by atoms with Crippen LogP contribution in [0.25, 0.3) is 10.9 Å². The number of fused-ring (bicyclic) bond motifs is 1. The fourth-order valence-electron chi connectivity index (χ4n) is 3.31. The summed E-state index contributed by atoms with van der Waals surface area (Å²) < 4.78 is 0. The number of hydrogen-bond acceptors (Lipinski definition) is 2. The van der Waals surface area contributed by atoms with Crippen molar-refractivity contribution in [2.75, 3.05) is 6.54 Å². The Bertz CT molecular complexity index is 859. The summed E-state index contributed by atoms with van der Waals surface area (Å²) >= 11 is 6.02. The van der Waals surface area contributed by atoms with Gasteiger partial charge >= 0.3 is 0 Å². The van der Waals surface area contributed by atoms with Crippen molar-refractivity contribution in [1.29, 1.82) is 0 Å². The molecule has 1 atom stereocenters. The minimum absolute atomic E-state index is 0.0386. The van der Waals surface area contributed by atoms with Gasteiger partial charge in [-0.25, -0.2) is 0 Å². The van der Waals surface area contributed by atoms with Gasteiger partial charge in [0.2, 0.25) is 0 Å². The third-order valence-electron chi connectivity index (χ3n) is 4.42. The Labute approximate surface area is 139 Å². The van der Waals surface area contributed by atoms with Crippen LogP contribution in [0.15, 0.2) is 48.8 Å². The molecule has 1 saturated heterocycles. The third-order valence-corrected chi connectivity index (χ3v) is 4.65. The second-order valence-corrected chi connectivity index (χ2v) is 6.29.